The van der Waals surface area contributed by atoms with Crippen LogP contribution < -0.4 is 0 Å². The Hall–Kier alpha value is -1.13. The lowest BCUT2D eigenvalue weighted by atomic mass is 10.3. The molecule has 0 saturated heterocycles. The van der Waals surface area contributed by atoms with Gasteiger partial charge in [-0.2, -0.15) is 0 Å². The first-order valence-electron chi connectivity index (χ1n) is 5.57. The van der Waals surface area contributed by atoms with E-state index >= 15 is 0 Å². The summed E-state index contributed by atoms with van der Waals surface area (Å²) in [7, 11) is 0. The van der Waals surface area contributed by atoms with Gasteiger partial charge in [0.2, 0.25) is 0 Å². The Morgan fingerprint density at radius 1 is 1.29 bits per heavy atom. The van der Waals surface area contributed by atoms with Crippen molar-refractivity contribution >= 4 is 39.6 Å². The first kappa shape index (κ1) is 11.0. The Morgan fingerprint density at radius 3 is 3.00 bits per heavy atom. The van der Waals surface area contributed by atoms with E-state index in [1.54, 1.807) is 23.1 Å². The second-order valence-corrected chi connectivity index (χ2v) is 6.34. The smallest absolute Gasteiger partial charge is 0.155 e. The second-order valence-electron chi connectivity index (χ2n) is 3.97. The molecule has 2 nitrogen and oxygen atoms in total. The molecule has 86 valence electrons. The summed E-state index contributed by atoms with van der Waals surface area (Å²) in [6.07, 6.45) is 4.05. The maximum atomic E-state index is 10.9. The fourth-order valence-corrected chi connectivity index (χ4v) is 4.30. The number of benzene rings is 1. The highest BCUT2D eigenvalue weighted by Gasteiger charge is 2.16. The van der Waals surface area contributed by atoms with E-state index in [0.717, 1.165) is 41.0 Å². The average molecular weight is 261 g/mol. The van der Waals surface area contributed by atoms with Crippen molar-refractivity contribution in [1.82, 2.24) is 4.98 Å². The standard InChI is InChI=1S/C13H11NOS2/c15-8-9-4-3-7-11(9)16-13-14-10-5-1-2-6-12(10)17-13/h1-2,5-6,8H,3-4,7H2. The molecule has 17 heavy (non-hydrogen) atoms. The summed E-state index contributed by atoms with van der Waals surface area (Å²) in [5, 5.41) is 0. The molecule has 4 heteroatoms. The summed E-state index contributed by atoms with van der Waals surface area (Å²) in [5.74, 6) is 0. The van der Waals surface area contributed by atoms with Gasteiger partial charge in [-0.05, 0) is 36.3 Å². The summed E-state index contributed by atoms with van der Waals surface area (Å²) < 4.78 is 2.25. The van der Waals surface area contributed by atoms with Gasteiger partial charge in [-0.25, -0.2) is 4.98 Å². The van der Waals surface area contributed by atoms with Crippen molar-refractivity contribution < 1.29 is 4.79 Å². The number of rotatable bonds is 3. The van der Waals surface area contributed by atoms with Crippen molar-refractivity contribution in [2.75, 3.05) is 0 Å². The van der Waals surface area contributed by atoms with Crippen LogP contribution >= 0.6 is 23.1 Å². The van der Waals surface area contributed by atoms with Crippen LogP contribution in [0.4, 0.5) is 0 Å². The first-order chi connectivity index (χ1) is 8.36. The van der Waals surface area contributed by atoms with E-state index < -0.39 is 0 Å². The topological polar surface area (TPSA) is 30.0 Å². The normalized spacial score (nSPS) is 15.8. The lowest BCUT2D eigenvalue weighted by molar-refractivity contribution is -0.105. The largest absolute Gasteiger partial charge is 0.298 e. The Morgan fingerprint density at radius 2 is 2.18 bits per heavy atom. The summed E-state index contributed by atoms with van der Waals surface area (Å²) in [4.78, 5) is 16.7. The van der Waals surface area contributed by atoms with Crippen LogP contribution in [0, 0.1) is 0 Å². The number of hydrogen-bond acceptors (Lipinski definition) is 4. The Kier molecular flexibility index (Phi) is 2.99. The van der Waals surface area contributed by atoms with Crippen LogP contribution in [0.1, 0.15) is 19.3 Å². The van der Waals surface area contributed by atoms with Crippen LogP contribution in [0.3, 0.4) is 0 Å². The number of hydrogen-bond donors (Lipinski definition) is 0. The lowest BCUT2D eigenvalue weighted by Crippen LogP contribution is -1.80. The van der Waals surface area contributed by atoms with Gasteiger partial charge in [0.05, 0.1) is 10.2 Å². The van der Waals surface area contributed by atoms with Crippen molar-refractivity contribution in [2.45, 2.75) is 23.6 Å². The predicted octanol–water partition coefficient (Wildman–Crippen LogP) is 4.03. The van der Waals surface area contributed by atoms with E-state index in [9.17, 15) is 4.79 Å². The first-order valence-corrected chi connectivity index (χ1v) is 7.21. The maximum Gasteiger partial charge on any atom is 0.155 e. The van der Waals surface area contributed by atoms with Crippen molar-refractivity contribution in [3.63, 3.8) is 0 Å². The molecule has 3 rings (SSSR count). The van der Waals surface area contributed by atoms with Crippen molar-refractivity contribution in [3.05, 3.63) is 34.7 Å². The van der Waals surface area contributed by atoms with Gasteiger partial charge in [0.1, 0.15) is 6.29 Å². The number of carbonyl (C=O) groups is 1. The molecule has 1 aliphatic rings. The van der Waals surface area contributed by atoms with Gasteiger partial charge in [0.15, 0.2) is 4.34 Å². The molecule has 0 aliphatic heterocycles. The fourth-order valence-electron chi connectivity index (χ4n) is 1.98. The molecule has 2 aromatic rings. The number of fused-ring (bicyclic) bond motifs is 1. The monoisotopic (exact) mass is 261 g/mol. The molecule has 0 amide bonds. The van der Waals surface area contributed by atoms with E-state index in [1.165, 1.54) is 9.61 Å². The highest BCUT2D eigenvalue weighted by atomic mass is 32.2. The number of allylic oxidation sites excluding steroid dienone is 2. The summed E-state index contributed by atoms with van der Waals surface area (Å²) in [6.45, 7) is 0. The number of nitrogens with zero attached hydrogens (tertiary/aromatic N) is 1. The van der Waals surface area contributed by atoms with Crippen molar-refractivity contribution in [2.24, 2.45) is 0 Å². The highest BCUT2D eigenvalue weighted by Crippen LogP contribution is 2.40. The summed E-state index contributed by atoms with van der Waals surface area (Å²) in [5.41, 5.74) is 2.01. The van der Waals surface area contributed by atoms with Gasteiger partial charge in [-0.15, -0.1) is 11.3 Å². The zero-order valence-corrected chi connectivity index (χ0v) is 10.8. The van der Waals surface area contributed by atoms with Crippen LogP contribution in [0.5, 0.6) is 0 Å². The van der Waals surface area contributed by atoms with Crippen LogP contribution in [0.25, 0.3) is 10.2 Å². The van der Waals surface area contributed by atoms with E-state index in [2.05, 4.69) is 11.1 Å². The van der Waals surface area contributed by atoms with Gasteiger partial charge < -0.3 is 0 Å². The summed E-state index contributed by atoms with van der Waals surface area (Å²) >= 11 is 3.36. The van der Waals surface area contributed by atoms with Gasteiger partial charge >= 0.3 is 0 Å². The van der Waals surface area contributed by atoms with Gasteiger partial charge in [0, 0.05) is 5.57 Å². The Bertz CT molecular complexity index is 567. The lowest BCUT2D eigenvalue weighted by Gasteiger charge is -1.97. The molecule has 0 fully saturated rings. The Labute approximate surface area is 108 Å². The van der Waals surface area contributed by atoms with Crippen molar-refractivity contribution in [1.29, 1.82) is 0 Å². The molecule has 1 heterocycles. The van der Waals surface area contributed by atoms with Crippen LogP contribution in [0.15, 0.2) is 39.1 Å². The minimum Gasteiger partial charge on any atom is -0.298 e. The summed E-state index contributed by atoms with van der Waals surface area (Å²) in [6, 6.07) is 8.14. The van der Waals surface area contributed by atoms with Crippen LogP contribution in [-0.2, 0) is 4.79 Å². The maximum absolute atomic E-state index is 10.9. The van der Waals surface area contributed by atoms with Gasteiger partial charge in [-0.3, -0.25) is 4.79 Å². The van der Waals surface area contributed by atoms with E-state index in [4.69, 9.17) is 0 Å². The van der Waals surface area contributed by atoms with E-state index in [1.807, 2.05) is 18.2 Å². The van der Waals surface area contributed by atoms with Gasteiger partial charge in [-0.1, -0.05) is 23.9 Å². The minimum atomic E-state index is 0.927. The number of thiazole rings is 1. The number of para-hydroxylation sites is 1. The molecule has 1 aromatic heterocycles. The molecular weight excluding hydrogens is 250 g/mol. The van der Waals surface area contributed by atoms with E-state index in [0.29, 0.717) is 0 Å². The average Bonchev–Trinajstić information content (AvgIpc) is 2.94. The fraction of sp³-hybridized carbons (Fsp3) is 0.231. The SMILES string of the molecule is O=CC1=C(Sc2nc3ccccc3s2)CCC1. The van der Waals surface area contributed by atoms with Crippen LogP contribution in [-0.4, -0.2) is 11.3 Å². The number of carbonyl (C=O) groups excluding carboxylic acids is 1. The molecule has 0 atom stereocenters. The van der Waals surface area contributed by atoms with Crippen LogP contribution in [0.2, 0.25) is 0 Å². The quantitative estimate of drug-likeness (QED) is 0.781. The molecule has 1 aromatic carbocycles. The Balaban J connectivity index is 1.92. The highest BCUT2D eigenvalue weighted by molar-refractivity contribution is 8.04. The number of thioether (sulfide) groups is 1. The number of aromatic nitrogens is 1. The zero-order chi connectivity index (χ0) is 11.7. The third-order valence-corrected chi connectivity index (χ3v) is 5.14. The molecular formula is C13H11NOS2. The number of aldehydes is 1. The zero-order valence-electron chi connectivity index (χ0n) is 9.18. The molecule has 0 unspecified atom stereocenters. The molecule has 0 spiro atoms. The molecule has 0 N–H and O–H groups in total. The van der Waals surface area contributed by atoms with Crippen molar-refractivity contribution in [3.8, 4) is 0 Å². The molecule has 0 radical (unpaired) electrons. The molecule has 0 saturated carbocycles. The molecule has 1 aliphatic carbocycles. The van der Waals surface area contributed by atoms with E-state index in [-0.39, 0.29) is 0 Å². The third kappa shape index (κ3) is 2.15. The predicted molar refractivity (Wildman–Crippen MR) is 72.4 cm³/mol. The minimum absolute atomic E-state index is 0.927. The second kappa shape index (κ2) is 4.63. The van der Waals surface area contributed by atoms with Gasteiger partial charge in [0.25, 0.3) is 0 Å². The molecule has 0 bridgehead atoms. The third-order valence-electron chi connectivity index (χ3n) is 2.84.